The largest absolute Gasteiger partial charge is 0.334 e. The highest BCUT2D eigenvalue weighted by molar-refractivity contribution is 7.89. The fraction of sp³-hybridized carbons (Fsp3) is 0.522. The number of carbonyl (C=O) groups excluding carboxylic acids is 1. The van der Waals surface area contributed by atoms with Gasteiger partial charge in [-0.2, -0.15) is 4.31 Å². The van der Waals surface area contributed by atoms with E-state index in [0.717, 1.165) is 32.5 Å². The van der Waals surface area contributed by atoms with Gasteiger partial charge in [-0.1, -0.05) is 36.4 Å². The Balaban J connectivity index is 1.40. The second kappa shape index (κ2) is 10.9. The summed E-state index contributed by atoms with van der Waals surface area (Å²) < 4.78 is 27.3. The Kier molecular flexibility index (Phi) is 7.96. The summed E-state index contributed by atoms with van der Waals surface area (Å²) in [6.07, 6.45) is 1.72. The summed E-state index contributed by atoms with van der Waals surface area (Å²) >= 11 is 1.42. The first-order chi connectivity index (χ1) is 15.5. The Labute approximate surface area is 195 Å². The van der Waals surface area contributed by atoms with Crippen molar-refractivity contribution >= 4 is 27.3 Å². The third kappa shape index (κ3) is 5.96. The van der Waals surface area contributed by atoms with Crippen LogP contribution in [0.3, 0.4) is 0 Å². The first-order valence-corrected chi connectivity index (χ1v) is 13.8. The lowest BCUT2D eigenvalue weighted by molar-refractivity contribution is 0.0587. The van der Waals surface area contributed by atoms with Gasteiger partial charge in [0.25, 0.3) is 5.91 Å². The fourth-order valence-electron chi connectivity index (χ4n) is 4.49. The van der Waals surface area contributed by atoms with Gasteiger partial charge in [0.1, 0.15) is 0 Å². The molecule has 1 N–H and O–H groups in total. The van der Waals surface area contributed by atoms with Crippen molar-refractivity contribution in [1.82, 2.24) is 19.4 Å². The molecule has 2 saturated heterocycles. The van der Waals surface area contributed by atoms with E-state index in [0.29, 0.717) is 31.1 Å². The van der Waals surface area contributed by atoms with E-state index >= 15 is 0 Å². The van der Waals surface area contributed by atoms with Gasteiger partial charge in [-0.15, -0.1) is 11.3 Å². The van der Waals surface area contributed by atoms with Crippen molar-refractivity contribution in [2.75, 3.05) is 51.6 Å². The van der Waals surface area contributed by atoms with Crippen molar-refractivity contribution in [3.8, 4) is 0 Å². The van der Waals surface area contributed by atoms with Crippen LogP contribution in [0, 0.1) is 0 Å². The normalized spacial score (nSPS) is 19.1. The van der Waals surface area contributed by atoms with Crippen molar-refractivity contribution in [3.63, 3.8) is 0 Å². The van der Waals surface area contributed by atoms with Crippen LogP contribution in [0.25, 0.3) is 0 Å². The zero-order valence-electron chi connectivity index (χ0n) is 18.4. The lowest BCUT2D eigenvalue weighted by Gasteiger charge is -2.39. The molecule has 2 fully saturated rings. The third-order valence-corrected chi connectivity index (χ3v) is 9.01. The number of rotatable bonds is 8. The zero-order valence-corrected chi connectivity index (χ0v) is 20.0. The Morgan fingerprint density at radius 1 is 1.03 bits per heavy atom. The number of piperazine rings is 1. The maximum absolute atomic E-state index is 13.3. The van der Waals surface area contributed by atoms with Crippen LogP contribution < -0.4 is 5.32 Å². The van der Waals surface area contributed by atoms with E-state index in [1.807, 2.05) is 28.5 Å². The molecule has 0 aliphatic carbocycles. The average molecular weight is 477 g/mol. The van der Waals surface area contributed by atoms with Crippen LogP contribution in [-0.2, 0) is 16.6 Å². The topological polar surface area (TPSA) is 73.0 Å². The predicted molar refractivity (Wildman–Crippen MR) is 128 cm³/mol. The lowest BCUT2D eigenvalue weighted by Crippen LogP contribution is -2.51. The standard InChI is InChI=1S/C23H32N4O3S2/c28-23(22-7-4-17-31-22)27(16-18-32(29,30)26-14-10-24-11-15-26)21-8-12-25(13-9-21)19-20-5-2-1-3-6-20/h1-7,17,21,24H,8-16,18-19H2. The average Bonchev–Trinajstić information content (AvgIpc) is 3.36. The Hall–Kier alpha value is -1.78. The number of nitrogens with one attached hydrogen (secondary N) is 1. The first kappa shape index (κ1) is 23.4. The number of carbonyl (C=O) groups is 1. The van der Waals surface area contributed by atoms with Crippen LogP contribution in [0.2, 0.25) is 0 Å². The zero-order chi connectivity index (χ0) is 22.4. The molecule has 1 amide bonds. The summed E-state index contributed by atoms with van der Waals surface area (Å²) in [4.78, 5) is 18.2. The van der Waals surface area contributed by atoms with Gasteiger partial charge in [-0.3, -0.25) is 9.69 Å². The number of nitrogens with zero attached hydrogens (tertiary/aromatic N) is 3. The highest BCUT2D eigenvalue weighted by Crippen LogP contribution is 2.22. The van der Waals surface area contributed by atoms with Crippen LogP contribution >= 0.6 is 11.3 Å². The van der Waals surface area contributed by atoms with Gasteiger partial charge in [-0.25, -0.2) is 8.42 Å². The molecule has 2 aliphatic rings. The number of piperidine rings is 1. The molecule has 32 heavy (non-hydrogen) atoms. The van der Waals surface area contributed by atoms with Crippen LogP contribution in [0.4, 0.5) is 0 Å². The first-order valence-electron chi connectivity index (χ1n) is 11.3. The lowest BCUT2D eigenvalue weighted by atomic mass is 10.0. The highest BCUT2D eigenvalue weighted by atomic mass is 32.2. The Morgan fingerprint density at radius 3 is 2.41 bits per heavy atom. The molecule has 0 spiro atoms. The summed E-state index contributed by atoms with van der Waals surface area (Å²) in [6, 6.07) is 14.2. The van der Waals surface area contributed by atoms with Crippen molar-refractivity contribution in [3.05, 3.63) is 58.3 Å². The second-order valence-electron chi connectivity index (χ2n) is 8.43. The molecular formula is C23H32N4O3S2. The van der Waals surface area contributed by atoms with Crippen LogP contribution in [0.5, 0.6) is 0 Å². The van der Waals surface area contributed by atoms with E-state index in [1.54, 1.807) is 4.31 Å². The summed E-state index contributed by atoms with van der Waals surface area (Å²) in [5, 5.41) is 5.08. The maximum Gasteiger partial charge on any atom is 0.264 e. The maximum atomic E-state index is 13.3. The van der Waals surface area contributed by atoms with Gasteiger partial charge in [0.2, 0.25) is 10.0 Å². The molecule has 7 nitrogen and oxygen atoms in total. The molecule has 2 aromatic rings. The molecule has 0 unspecified atom stereocenters. The van der Waals surface area contributed by atoms with E-state index in [9.17, 15) is 13.2 Å². The van der Waals surface area contributed by atoms with Crippen molar-refractivity contribution in [2.45, 2.75) is 25.4 Å². The number of amides is 1. The molecule has 0 saturated carbocycles. The van der Waals surface area contributed by atoms with Crippen LogP contribution in [-0.4, -0.2) is 86.0 Å². The number of sulfonamides is 1. The van der Waals surface area contributed by atoms with E-state index in [-0.39, 0.29) is 24.2 Å². The van der Waals surface area contributed by atoms with Crippen LogP contribution in [0.1, 0.15) is 28.1 Å². The smallest absolute Gasteiger partial charge is 0.264 e. The summed E-state index contributed by atoms with van der Waals surface area (Å²) in [7, 11) is -3.38. The highest BCUT2D eigenvalue weighted by Gasteiger charge is 2.31. The molecule has 0 bridgehead atoms. The van der Waals surface area contributed by atoms with Crippen molar-refractivity contribution < 1.29 is 13.2 Å². The van der Waals surface area contributed by atoms with Crippen LogP contribution in [0.15, 0.2) is 47.8 Å². The molecular weight excluding hydrogens is 444 g/mol. The fourth-order valence-corrected chi connectivity index (χ4v) is 6.59. The number of likely N-dealkylation sites (tertiary alicyclic amines) is 1. The van der Waals surface area contributed by atoms with Gasteiger partial charge >= 0.3 is 0 Å². The predicted octanol–water partition coefficient (Wildman–Crippen LogP) is 2.09. The minimum Gasteiger partial charge on any atom is -0.334 e. The minimum absolute atomic E-state index is 0.0195. The molecule has 0 radical (unpaired) electrons. The van der Waals surface area contributed by atoms with Gasteiger partial charge in [0.05, 0.1) is 10.6 Å². The monoisotopic (exact) mass is 476 g/mol. The van der Waals surface area contributed by atoms with E-state index in [1.165, 1.54) is 16.9 Å². The van der Waals surface area contributed by atoms with Crippen molar-refractivity contribution in [1.29, 1.82) is 0 Å². The van der Waals surface area contributed by atoms with E-state index in [2.05, 4.69) is 34.5 Å². The summed E-state index contributed by atoms with van der Waals surface area (Å²) in [6.45, 7) is 5.30. The SMILES string of the molecule is O=C(c1cccs1)N(CCS(=O)(=O)N1CCNCC1)C1CCN(Cc2ccccc2)CC1. The Bertz CT molecular complexity index is 952. The van der Waals surface area contributed by atoms with Gasteiger partial charge in [-0.05, 0) is 29.9 Å². The molecule has 1 aromatic heterocycles. The molecule has 2 aliphatic heterocycles. The summed E-state index contributed by atoms with van der Waals surface area (Å²) in [5.74, 6) is -0.0639. The number of hydrogen-bond acceptors (Lipinski definition) is 6. The Morgan fingerprint density at radius 2 is 1.75 bits per heavy atom. The third-order valence-electron chi connectivity index (χ3n) is 6.30. The van der Waals surface area contributed by atoms with Gasteiger partial charge < -0.3 is 10.2 Å². The molecule has 4 rings (SSSR count). The second-order valence-corrected chi connectivity index (χ2v) is 11.5. The van der Waals surface area contributed by atoms with Gasteiger partial charge in [0, 0.05) is 58.4 Å². The van der Waals surface area contributed by atoms with Crippen molar-refractivity contribution in [2.24, 2.45) is 0 Å². The number of thiophene rings is 1. The molecule has 3 heterocycles. The number of benzene rings is 1. The summed E-state index contributed by atoms with van der Waals surface area (Å²) in [5.41, 5.74) is 1.29. The molecule has 174 valence electrons. The number of hydrogen-bond donors (Lipinski definition) is 1. The minimum atomic E-state index is -3.38. The quantitative estimate of drug-likeness (QED) is 0.632. The molecule has 0 atom stereocenters. The molecule has 9 heteroatoms. The van der Waals surface area contributed by atoms with E-state index < -0.39 is 10.0 Å². The van der Waals surface area contributed by atoms with Gasteiger partial charge in [0.15, 0.2) is 0 Å². The molecule has 1 aromatic carbocycles. The van der Waals surface area contributed by atoms with E-state index in [4.69, 9.17) is 0 Å².